The SMILES string of the molecule is CNc1nc(C(C)(C)C)nc(Sc2ncccc2Cl)c1C. The molecular weight excluding hydrogens is 304 g/mol. The Hall–Kier alpha value is -1.33. The fourth-order valence-corrected chi connectivity index (χ4v) is 2.79. The van der Waals surface area contributed by atoms with Crippen LogP contribution in [0.25, 0.3) is 0 Å². The van der Waals surface area contributed by atoms with Crippen molar-refractivity contribution in [3.05, 3.63) is 34.7 Å². The molecule has 2 aromatic rings. The molecule has 2 heterocycles. The Balaban J connectivity index is 2.50. The maximum atomic E-state index is 6.19. The van der Waals surface area contributed by atoms with E-state index in [0.717, 1.165) is 27.3 Å². The minimum absolute atomic E-state index is 0.122. The maximum absolute atomic E-state index is 6.19. The van der Waals surface area contributed by atoms with Crippen LogP contribution in [0.15, 0.2) is 28.4 Å². The third-order valence-electron chi connectivity index (χ3n) is 2.93. The van der Waals surface area contributed by atoms with Crippen LogP contribution >= 0.6 is 23.4 Å². The van der Waals surface area contributed by atoms with Crippen LogP contribution in [0.2, 0.25) is 5.02 Å². The summed E-state index contributed by atoms with van der Waals surface area (Å²) in [6, 6.07) is 3.65. The second-order valence-electron chi connectivity index (χ2n) is 5.72. The van der Waals surface area contributed by atoms with Gasteiger partial charge in [0.15, 0.2) is 0 Å². The summed E-state index contributed by atoms with van der Waals surface area (Å²) in [6.45, 7) is 8.29. The van der Waals surface area contributed by atoms with Gasteiger partial charge in [-0.3, -0.25) is 0 Å². The van der Waals surface area contributed by atoms with Crippen LogP contribution in [0.4, 0.5) is 5.82 Å². The number of hydrogen-bond acceptors (Lipinski definition) is 5. The molecule has 0 aliphatic heterocycles. The molecule has 0 aromatic carbocycles. The number of nitrogens with zero attached hydrogens (tertiary/aromatic N) is 3. The molecule has 4 nitrogen and oxygen atoms in total. The van der Waals surface area contributed by atoms with Gasteiger partial charge in [-0.05, 0) is 30.8 Å². The standard InChI is InChI=1S/C15H19ClN4S/c1-9-11(17-5)19-14(15(2,3)4)20-12(9)21-13-10(16)7-6-8-18-13/h6-8H,1-5H3,(H,17,19,20). The minimum Gasteiger partial charge on any atom is -0.373 e. The van der Waals surface area contributed by atoms with Crippen molar-refractivity contribution in [2.45, 2.75) is 43.2 Å². The highest BCUT2D eigenvalue weighted by Gasteiger charge is 2.21. The summed E-state index contributed by atoms with van der Waals surface area (Å²) >= 11 is 7.65. The van der Waals surface area contributed by atoms with Crippen LogP contribution in [0, 0.1) is 6.92 Å². The lowest BCUT2D eigenvalue weighted by Crippen LogP contribution is -2.18. The van der Waals surface area contributed by atoms with Crippen LogP contribution in [-0.4, -0.2) is 22.0 Å². The molecule has 0 aliphatic carbocycles. The molecule has 2 rings (SSSR count). The Labute approximate surface area is 134 Å². The average molecular weight is 323 g/mol. The Bertz CT molecular complexity index is 653. The molecule has 0 bridgehead atoms. The maximum Gasteiger partial charge on any atom is 0.137 e. The van der Waals surface area contributed by atoms with E-state index in [0.29, 0.717) is 5.02 Å². The molecule has 0 unspecified atom stereocenters. The lowest BCUT2D eigenvalue weighted by molar-refractivity contribution is 0.538. The van der Waals surface area contributed by atoms with E-state index in [1.165, 1.54) is 11.8 Å². The van der Waals surface area contributed by atoms with E-state index in [1.807, 2.05) is 26.1 Å². The van der Waals surface area contributed by atoms with E-state index >= 15 is 0 Å². The minimum atomic E-state index is -0.122. The quantitative estimate of drug-likeness (QED) is 0.853. The van der Waals surface area contributed by atoms with Crippen LogP contribution in [-0.2, 0) is 5.41 Å². The van der Waals surface area contributed by atoms with Crippen LogP contribution in [0.5, 0.6) is 0 Å². The summed E-state index contributed by atoms with van der Waals surface area (Å²) in [7, 11) is 1.87. The Kier molecular flexibility index (Phi) is 4.74. The molecule has 1 N–H and O–H groups in total. The Morgan fingerprint density at radius 3 is 2.48 bits per heavy atom. The Morgan fingerprint density at radius 1 is 1.19 bits per heavy atom. The van der Waals surface area contributed by atoms with Gasteiger partial charge in [0.2, 0.25) is 0 Å². The number of anilines is 1. The number of hydrogen-bond donors (Lipinski definition) is 1. The lowest BCUT2D eigenvalue weighted by atomic mass is 9.95. The zero-order valence-corrected chi connectivity index (χ0v) is 14.4. The molecule has 0 aliphatic rings. The number of nitrogens with one attached hydrogen (secondary N) is 1. The van der Waals surface area contributed by atoms with Gasteiger partial charge in [0, 0.05) is 24.2 Å². The summed E-state index contributed by atoms with van der Waals surface area (Å²) in [5.74, 6) is 1.64. The van der Waals surface area contributed by atoms with Gasteiger partial charge in [0.25, 0.3) is 0 Å². The van der Waals surface area contributed by atoms with Crippen molar-refractivity contribution in [1.29, 1.82) is 0 Å². The van der Waals surface area contributed by atoms with Crippen molar-refractivity contribution >= 4 is 29.2 Å². The molecule has 2 aromatic heterocycles. The van der Waals surface area contributed by atoms with Crippen molar-refractivity contribution in [2.24, 2.45) is 0 Å². The first kappa shape index (κ1) is 16.0. The molecule has 0 spiro atoms. The average Bonchev–Trinajstić information content (AvgIpc) is 2.42. The summed E-state index contributed by atoms with van der Waals surface area (Å²) in [4.78, 5) is 13.6. The summed E-state index contributed by atoms with van der Waals surface area (Å²) in [5, 5.41) is 5.39. The highest BCUT2D eigenvalue weighted by Crippen LogP contribution is 2.35. The number of pyridine rings is 1. The topological polar surface area (TPSA) is 50.7 Å². The van der Waals surface area contributed by atoms with Gasteiger partial charge in [0.1, 0.15) is 21.7 Å². The smallest absolute Gasteiger partial charge is 0.137 e. The largest absolute Gasteiger partial charge is 0.373 e. The summed E-state index contributed by atoms with van der Waals surface area (Å²) in [5.41, 5.74) is 0.875. The third kappa shape index (κ3) is 3.66. The fourth-order valence-electron chi connectivity index (χ4n) is 1.71. The molecule has 0 saturated carbocycles. The van der Waals surface area contributed by atoms with Crippen molar-refractivity contribution in [3.63, 3.8) is 0 Å². The molecule has 0 radical (unpaired) electrons. The van der Waals surface area contributed by atoms with Crippen molar-refractivity contribution in [1.82, 2.24) is 15.0 Å². The number of aromatic nitrogens is 3. The predicted octanol–water partition coefficient (Wildman–Crippen LogP) is 4.32. The van der Waals surface area contributed by atoms with E-state index < -0.39 is 0 Å². The van der Waals surface area contributed by atoms with Crippen molar-refractivity contribution < 1.29 is 0 Å². The van der Waals surface area contributed by atoms with Crippen LogP contribution in [0.1, 0.15) is 32.2 Å². The highest BCUT2D eigenvalue weighted by molar-refractivity contribution is 7.99. The van der Waals surface area contributed by atoms with Gasteiger partial charge < -0.3 is 5.32 Å². The van der Waals surface area contributed by atoms with Gasteiger partial charge in [-0.2, -0.15) is 0 Å². The van der Waals surface area contributed by atoms with E-state index in [9.17, 15) is 0 Å². The molecular formula is C15H19ClN4S. The van der Waals surface area contributed by atoms with E-state index in [-0.39, 0.29) is 5.41 Å². The molecule has 0 saturated heterocycles. The lowest BCUT2D eigenvalue weighted by Gasteiger charge is -2.20. The summed E-state index contributed by atoms with van der Waals surface area (Å²) in [6.07, 6.45) is 1.73. The molecule has 0 amide bonds. The normalized spacial score (nSPS) is 11.5. The first-order valence-corrected chi connectivity index (χ1v) is 7.87. The number of rotatable bonds is 3. The molecule has 0 atom stereocenters. The first-order chi connectivity index (χ1) is 9.82. The van der Waals surface area contributed by atoms with E-state index in [4.69, 9.17) is 16.6 Å². The number of halogens is 1. The monoisotopic (exact) mass is 322 g/mol. The van der Waals surface area contributed by atoms with Gasteiger partial charge >= 0.3 is 0 Å². The molecule has 6 heteroatoms. The molecule has 0 fully saturated rings. The first-order valence-electron chi connectivity index (χ1n) is 6.68. The van der Waals surface area contributed by atoms with E-state index in [1.54, 1.807) is 6.20 Å². The van der Waals surface area contributed by atoms with Gasteiger partial charge in [-0.1, -0.05) is 32.4 Å². The second kappa shape index (κ2) is 6.20. The van der Waals surface area contributed by atoms with E-state index in [2.05, 4.69) is 36.1 Å². The van der Waals surface area contributed by atoms with Crippen molar-refractivity contribution in [3.8, 4) is 0 Å². The predicted molar refractivity (Wildman–Crippen MR) is 88.4 cm³/mol. The summed E-state index contributed by atoms with van der Waals surface area (Å²) < 4.78 is 0. The van der Waals surface area contributed by atoms with Crippen molar-refractivity contribution in [2.75, 3.05) is 12.4 Å². The highest BCUT2D eigenvalue weighted by atomic mass is 35.5. The van der Waals surface area contributed by atoms with Gasteiger partial charge in [-0.25, -0.2) is 15.0 Å². The zero-order chi connectivity index (χ0) is 15.6. The Morgan fingerprint density at radius 2 is 1.90 bits per heavy atom. The van der Waals surface area contributed by atoms with Gasteiger partial charge in [-0.15, -0.1) is 0 Å². The van der Waals surface area contributed by atoms with Crippen LogP contribution < -0.4 is 5.32 Å². The third-order valence-corrected chi connectivity index (χ3v) is 4.45. The fraction of sp³-hybridized carbons (Fsp3) is 0.400. The molecule has 112 valence electrons. The zero-order valence-electron chi connectivity index (χ0n) is 12.9. The molecule has 21 heavy (non-hydrogen) atoms. The second-order valence-corrected chi connectivity index (χ2v) is 7.10. The van der Waals surface area contributed by atoms with Gasteiger partial charge in [0.05, 0.1) is 5.02 Å². The van der Waals surface area contributed by atoms with Crippen LogP contribution in [0.3, 0.4) is 0 Å².